The molecule has 2 N–H and O–H groups in total. The molecule has 15 heavy (non-hydrogen) atoms. The van der Waals surface area contributed by atoms with E-state index in [-0.39, 0.29) is 17.8 Å². The first-order chi connectivity index (χ1) is 6.93. The zero-order valence-electron chi connectivity index (χ0n) is 9.96. The Hall–Kier alpha value is -1.10. The molecule has 0 aliphatic heterocycles. The molecule has 0 aromatic carbocycles. The first kappa shape index (κ1) is 13.9. The van der Waals surface area contributed by atoms with Gasteiger partial charge in [0.1, 0.15) is 6.04 Å². The number of likely N-dealkylation sites (N-methyl/N-ethyl adjacent to an activating group) is 1. The number of carbonyl (C=O) groups is 2. The van der Waals surface area contributed by atoms with Crippen LogP contribution in [-0.4, -0.2) is 38.1 Å². The molecule has 0 spiro atoms. The van der Waals surface area contributed by atoms with Crippen LogP contribution in [-0.2, 0) is 14.3 Å². The summed E-state index contributed by atoms with van der Waals surface area (Å²) in [5.41, 5.74) is 0. The highest BCUT2D eigenvalue weighted by Gasteiger charge is 2.26. The van der Waals surface area contributed by atoms with Crippen LogP contribution >= 0.6 is 0 Å². The Labute approximate surface area is 90.6 Å². The molecule has 5 nitrogen and oxygen atoms in total. The van der Waals surface area contributed by atoms with Crippen molar-refractivity contribution in [3.8, 4) is 0 Å². The Morgan fingerprint density at radius 1 is 1.20 bits per heavy atom. The average molecular weight is 216 g/mol. The van der Waals surface area contributed by atoms with Crippen LogP contribution in [0.15, 0.2) is 0 Å². The van der Waals surface area contributed by atoms with E-state index in [2.05, 4.69) is 15.4 Å². The van der Waals surface area contributed by atoms with Crippen LogP contribution in [0.4, 0.5) is 0 Å². The number of methoxy groups -OCH3 is 1. The van der Waals surface area contributed by atoms with Gasteiger partial charge in [0.05, 0.1) is 13.2 Å². The van der Waals surface area contributed by atoms with Crippen molar-refractivity contribution in [3.05, 3.63) is 0 Å². The molecule has 88 valence electrons. The number of esters is 1. The maximum atomic E-state index is 11.4. The highest BCUT2D eigenvalue weighted by molar-refractivity contribution is 5.82. The first-order valence-electron chi connectivity index (χ1n) is 4.99. The molecule has 0 fully saturated rings. The predicted molar refractivity (Wildman–Crippen MR) is 57.3 cm³/mol. The Morgan fingerprint density at radius 2 is 1.73 bits per heavy atom. The smallest absolute Gasteiger partial charge is 0.323 e. The number of amides is 1. The maximum absolute atomic E-state index is 11.4. The fourth-order valence-corrected chi connectivity index (χ4v) is 1.22. The second-order valence-electron chi connectivity index (χ2n) is 3.75. The van der Waals surface area contributed by atoms with Gasteiger partial charge in [-0.1, -0.05) is 13.8 Å². The minimum atomic E-state index is -0.456. The van der Waals surface area contributed by atoms with Gasteiger partial charge in [-0.2, -0.15) is 0 Å². The summed E-state index contributed by atoms with van der Waals surface area (Å²) in [6.07, 6.45) is 0. The van der Waals surface area contributed by atoms with Gasteiger partial charge in [0.15, 0.2) is 0 Å². The van der Waals surface area contributed by atoms with Crippen molar-refractivity contribution in [2.75, 3.05) is 14.2 Å². The predicted octanol–water partition coefficient (Wildman–Crippen LogP) is -0.0919. The molecule has 0 aliphatic rings. The SMILES string of the molecule is CNC(=O)C(C)NC(C(=O)OC)C(C)C. The molecule has 0 aromatic heterocycles. The van der Waals surface area contributed by atoms with E-state index in [9.17, 15) is 9.59 Å². The van der Waals surface area contributed by atoms with Crippen molar-refractivity contribution in [1.82, 2.24) is 10.6 Å². The minimum Gasteiger partial charge on any atom is -0.468 e. The van der Waals surface area contributed by atoms with E-state index in [4.69, 9.17) is 0 Å². The summed E-state index contributed by atoms with van der Waals surface area (Å²) in [5.74, 6) is -0.421. The molecule has 0 saturated heterocycles. The molecule has 0 heterocycles. The van der Waals surface area contributed by atoms with Crippen LogP contribution in [0.1, 0.15) is 20.8 Å². The summed E-state index contributed by atoms with van der Waals surface area (Å²) in [7, 11) is 2.90. The van der Waals surface area contributed by atoms with Crippen molar-refractivity contribution in [2.24, 2.45) is 5.92 Å². The van der Waals surface area contributed by atoms with Crippen molar-refractivity contribution < 1.29 is 14.3 Å². The van der Waals surface area contributed by atoms with Crippen molar-refractivity contribution >= 4 is 11.9 Å². The second-order valence-corrected chi connectivity index (χ2v) is 3.75. The molecule has 2 atom stereocenters. The molecule has 2 unspecified atom stereocenters. The summed E-state index contributed by atoms with van der Waals surface area (Å²) >= 11 is 0. The number of ether oxygens (including phenoxy) is 1. The van der Waals surface area contributed by atoms with Crippen LogP contribution in [0.3, 0.4) is 0 Å². The number of nitrogens with one attached hydrogen (secondary N) is 2. The van der Waals surface area contributed by atoms with Gasteiger partial charge < -0.3 is 10.1 Å². The highest BCUT2D eigenvalue weighted by Crippen LogP contribution is 2.04. The number of carbonyl (C=O) groups excluding carboxylic acids is 2. The Morgan fingerprint density at radius 3 is 2.07 bits per heavy atom. The molecule has 5 heteroatoms. The molecule has 0 aromatic rings. The molecular weight excluding hydrogens is 196 g/mol. The fourth-order valence-electron chi connectivity index (χ4n) is 1.22. The van der Waals surface area contributed by atoms with Crippen LogP contribution < -0.4 is 10.6 Å². The summed E-state index contributed by atoms with van der Waals surface area (Å²) in [6, 6.07) is -0.871. The zero-order chi connectivity index (χ0) is 12.0. The van der Waals surface area contributed by atoms with E-state index in [0.717, 1.165) is 0 Å². The monoisotopic (exact) mass is 216 g/mol. The minimum absolute atomic E-state index is 0.0737. The van der Waals surface area contributed by atoms with Crippen LogP contribution in [0.5, 0.6) is 0 Å². The van der Waals surface area contributed by atoms with Gasteiger partial charge in [0, 0.05) is 7.05 Å². The Balaban J connectivity index is 4.41. The van der Waals surface area contributed by atoms with Crippen LogP contribution in [0.25, 0.3) is 0 Å². The van der Waals surface area contributed by atoms with Crippen molar-refractivity contribution in [1.29, 1.82) is 0 Å². The van der Waals surface area contributed by atoms with Gasteiger partial charge in [-0.05, 0) is 12.8 Å². The van der Waals surface area contributed by atoms with E-state index < -0.39 is 12.1 Å². The molecule has 0 bridgehead atoms. The first-order valence-corrected chi connectivity index (χ1v) is 4.99. The third kappa shape index (κ3) is 4.29. The maximum Gasteiger partial charge on any atom is 0.323 e. The highest BCUT2D eigenvalue weighted by atomic mass is 16.5. The van der Waals surface area contributed by atoms with Gasteiger partial charge in [-0.3, -0.25) is 14.9 Å². The standard InChI is InChI=1S/C10H20N2O3/c1-6(2)8(10(14)15-5)12-7(3)9(13)11-4/h6-8,12H,1-5H3,(H,11,13). The third-order valence-corrected chi connectivity index (χ3v) is 2.19. The summed E-state index contributed by atoms with van der Waals surface area (Å²) < 4.78 is 4.65. The topological polar surface area (TPSA) is 67.4 Å². The summed E-state index contributed by atoms with van der Waals surface area (Å²) in [6.45, 7) is 5.49. The lowest BCUT2D eigenvalue weighted by Gasteiger charge is -2.23. The summed E-state index contributed by atoms with van der Waals surface area (Å²) in [4.78, 5) is 22.6. The lowest BCUT2D eigenvalue weighted by Crippen LogP contribution is -2.51. The largest absolute Gasteiger partial charge is 0.468 e. The molecule has 1 amide bonds. The molecule has 0 aliphatic carbocycles. The molecular formula is C10H20N2O3. The zero-order valence-corrected chi connectivity index (χ0v) is 9.96. The average Bonchev–Trinajstić information content (AvgIpc) is 2.22. The van der Waals surface area contributed by atoms with Gasteiger partial charge in [0.25, 0.3) is 0 Å². The number of hydrogen-bond donors (Lipinski definition) is 2. The van der Waals surface area contributed by atoms with E-state index in [1.807, 2.05) is 13.8 Å². The van der Waals surface area contributed by atoms with E-state index in [1.165, 1.54) is 7.11 Å². The van der Waals surface area contributed by atoms with E-state index in [1.54, 1.807) is 14.0 Å². The van der Waals surface area contributed by atoms with Gasteiger partial charge in [-0.25, -0.2) is 0 Å². The lowest BCUT2D eigenvalue weighted by molar-refractivity contribution is -0.144. The van der Waals surface area contributed by atoms with Crippen LogP contribution in [0, 0.1) is 5.92 Å². The van der Waals surface area contributed by atoms with E-state index in [0.29, 0.717) is 0 Å². The normalized spacial score (nSPS) is 14.5. The molecule has 0 radical (unpaired) electrons. The van der Waals surface area contributed by atoms with Gasteiger partial charge in [-0.15, -0.1) is 0 Å². The number of hydrogen-bond acceptors (Lipinski definition) is 4. The second kappa shape index (κ2) is 6.40. The van der Waals surface area contributed by atoms with Crippen LogP contribution in [0.2, 0.25) is 0 Å². The van der Waals surface area contributed by atoms with Crippen molar-refractivity contribution in [2.45, 2.75) is 32.9 Å². The van der Waals surface area contributed by atoms with Gasteiger partial charge in [0.2, 0.25) is 5.91 Å². The van der Waals surface area contributed by atoms with E-state index >= 15 is 0 Å². The number of rotatable bonds is 5. The Kier molecular flexibility index (Phi) is 5.93. The third-order valence-electron chi connectivity index (χ3n) is 2.19. The van der Waals surface area contributed by atoms with Gasteiger partial charge >= 0.3 is 5.97 Å². The Bertz CT molecular complexity index is 229. The molecule has 0 rings (SSSR count). The lowest BCUT2D eigenvalue weighted by atomic mass is 10.0. The fraction of sp³-hybridized carbons (Fsp3) is 0.800. The summed E-state index contributed by atoms with van der Waals surface area (Å²) in [5, 5.41) is 5.44. The quantitative estimate of drug-likeness (QED) is 0.630. The van der Waals surface area contributed by atoms with Crippen molar-refractivity contribution in [3.63, 3.8) is 0 Å². The molecule has 0 saturated carbocycles.